The summed E-state index contributed by atoms with van der Waals surface area (Å²) in [5, 5.41) is 12.3. The van der Waals surface area contributed by atoms with E-state index in [0.717, 1.165) is 16.9 Å². The van der Waals surface area contributed by atoms with Crippen LogP contribution in [-0.4, -0.2) is 17.1 Å². The minimum Gasteiger partial charge on any atom is -0.497 e. The third-order valence-corrected chi connectivity index (χ3v) is 3.44. The lowest BCUT2D eigenvalue weighted by atomic mass is 10.2. The standard InChI is InChI=1S/C19H16N4O2/c1-24-16-6-2-4-14(10-16)7-8-18-23-17(11-20)19(25-18)22-13-15-5-3-9-21-12-15/h2-10,12,22H,13H2,1H3/b8-7+. The Labute approximate surface area is 145 Å². The highest BCUT2D eigenvalue weighted by Gasteiger charge is 2.11. The maximum atomic E-state index is 9.22. The summed E-state index contributed by atoms with van der Waals surface area (Å²) >= 11 is 0. The van der Waals surface area contributed by atoms with Crippen molar-refractivity contribution >= 4 is 18.0 Å². The summed E-state index contributed by atoms with van der Waals surface area (Å²) in [7, 11) is 1.62. The largest absolute Gasteiger partial charge is 0.497 e. The molecule has 124 valence electrons. The van der Waals surface area contributed by atoms with Gasteiger partial charge in [-0.25, -0.2) is 0 Å². The van der Waals surface area contributed by atoms with Crippen LogP contribution in [0.2, 0.25) is 0 Å². The quantitative estimate of drug-likeness (QED) is 0.740. The highest BCUT2D eigenvalue weighted by atomic mass is 16.5. The third-order valence-electron chi connectivity index (χ3n) is 3.44. The maximum absolute atomic E-state index is 9.22. The molecular weight excluding hydrogens is 316 g/mol. The summed E-state index contributed by atoms with van der Waals surface area (Å²) in [4.78, 5) is 8.22. The van der Waals surface area contributed by atoms with Gasteiger partial charge in [0.2, 0.25) is 17.5 Å². The summed E-state index contributed by atoms with van der Waals surface area (Å²) in [5.74, 6) is 1.47. The highest BCUT2D eigenvalue weighted by Crippen LogP contribution is 2.20. The molecule has 0 aliphatic heterocycles. The van der Waals surface area contributed by atoms with Gasteiger partial charge in [0.15, 0.2) is 0 Å². The van der Waals surface area contributed by atoms with Gasteiger partial charge in [0.25, 0.3) is 0 Å². The van der Waals surface area contributed by atoms with Crippen molar-refractivity contribution < 1.29 is 9.15 Å². The first-order chi connectivity index (χ1) is 12.3. The van der Waals surface area contributed by atoms with Crippen LogP contribution in [0.3, 0.4) is 0 Å². The lowest BCUT2D eigenvalue weighted by molar-refractivity contribution is 0.414. The molecule has 0 bridgehead atoms. The predicted molar refractivity (Wildman–Crippen MR) is 94.7 cm³/mol. The van der Waals surface area contributed by atoms with E-state index in [2.05, 4.69) is 15.3 Å². The molecule has 0 amide bonds. The second-order valence-corrected chi connectivity index (χ2v) is 5.17. The number of rotatable bonds is 6. The molecule has 0 unspecified atom stereocenters. The first-order valence-corrected chi connectivity index (χ1v) is 7.64. The number of pyridine rings is 1. The Hall–Kier alpha value is -3.59. The number of ether oxygens (including phenoxy) is 1. The molecule has 2 heterocycles. The zero-order chi connectivity index (χ0) is 17.5. The highest BCUT2D eigenvalue weighted by molar-refractivity contribution is 5.67. The number of nitriles is 1. The molecule has 1 N–H and O–H groups in total. The van der Waals surface area contributed by atoms with E-state index < -0.39 is 0 Å². The molecule has 6 heteroatoms. The Kier molecular flexibility index (Phi) is 5.07. The summed E-state index contributed by atoms with van der Waals surface area (Å²) in [6.07, 6.45) is 7.02. The van der Waals surface area contributed by atoms with Crippen molar-refractivity contribution in [2.45, 2.75) is 6.54 Å². The molecule has 1 aromatic carbocycles. The number of nitrogens with one attached hydrogen (secondary N) is 1. The van der Waals surface area contributed by atoms with Gasteiger partial charge in [-0.1, -0.05) is 18.2 Å². The Morgan fingerprint density at radius 3 is 2.96 bits per heavy atom. The molecule has 0 spiro atoms. The molecule has 0 aliphatic carbocycles. The fraction of sp³-hybridized carbons (Fsp3) is 0.105. The molecule has 0 aliphatic rings. The second-order valence-electron chi connectivity index (χ2n) is 5.17. The lowest BCUT2D eigenvalue weighted by Gasteiger charge is -2.01. The van der Waals surface area contributed by atoms with Crippen molar-refractivity contribution in [2.75, 3.05) is 12.4 Å². The number of methoxy groups -OCH3 is 1. The minimum absolute atomic E-state index is 0.217. The molecule has 2 aromatic heterocycles. The number of anilines is 1. The van der Waals surface area contributed by atoms with Gasteiger partial charge in [-0.2, -0.15) is 10.2 Å². The molecule has 0 saturated heterocycles. The third kappa shape index (κ3) is 4.24. The zero-order valence-corrected chi connectivity index (χ0v) is 13.6. The van der Waals surface area contributed by atoms with Crippen LogP contribution in [0, 0.1) is 11.3 Å². The Balaban J connectivity index is 1.73. The molecule has 6 nitrogen and oxygen atoms in total. The topological polar surface area (TPSA) is 84.0 Å². The fourth-order valence-electron chi connectivity index (χ4n) is 2.20. The van der Waals surface area contributed by atoms with Crippen LogP contribution in [0.15, 0.2) is 53.2 Å². The molecule has 0 fully saturated rings. The van der Waals surface area contributed by atoms with Gasteiger partial charge >= 0.3 is 0 Å². The molecule has 0 saturated carbocycles. The van der Waals surface area contributed by atoms with Crippen molar-refractivity contribution in [1.82, 2.24) is 9.97 Å². The molecule has 0 atom stereocenters. The first-order valence-electron chi connectivity index (χ1n) is 7.64. The number of aromatic nitrogens is 2. The van der Waals surface area contributed by atoms with Crippen molar-refractivity contribution in [1.29, 1.82) is 5.26 Å². The maximum Gasteiger partial charge on any atom is 0.232 e. The number of benzene rings is 1. The monoisotopic (exact) mass is 332 g/mol. The van der Waals surface area contributed by atoms with E-state index in [1.54, 1.807) is 25.6 Å². The zero-order valence-electron chi connectivity index (χ0n) is 13.6. The van der Waals surface area contributed by atoms with Gasteiger partial charge in [0.1, 0.15) is 11.8 Å². The van der Waals surface area contributed by atoms with Gasteiger partial charge < -0.3 is 14.5 Å². The average molecular weight is 332 g/mol. The first kappa shape index (κ1) is 16.3. The predicted octanol–water partition coefficient (Wildman–Crippen LogP) is 3.73. The molecule has 3 rings (SSSR count). The SMILES string of the molecule is COc1cccc(/C=C/c2nc(C#N)c(NCc3cccnc3)o2)c1. The number of hydrogen-bond donors (Lipinski definition) is 1. The van der Waals surface area contributed by atoms with E-state index in [1.165, 1.54) is 0 Å². The van der Waals surface area contributed by atoms with E-state index in [0.29, 0.717) is 18.3 Å². The number of hydrogen-bond acceptors (Lipinski definition) is 6. The van der Waals surface area contributed by atoms with Crippen LogP contribution < -0.4 is 10.1 Å². The Morgan fingerprint density at radius 2 is 2.20 bits per heavy atom. The van der Waals surface area contributed by atoms with E-state index >= 15 is 0 Å². The van der Waals surface area contributed by atoms with Crippen molar-refractivity contribution in [3.05, 3.63) is 71.5 Å². The Morgan fingerprint density at radius 1 is 1.28 bits per heavy atom. The van der Waals surface area contributed by atoms with Crippen LogP contribution in [0.5, 0.6) is 5.75 Å². The van der Waals surface area contributed by atoms with Crippen molar-refractivity contribution in [2.24, 2.45) is 0 Å². The van der Waals surface area contributed by atoms with Gasteiger partial charge in [-0.3, -0.25) is 4.98 Å². The molecule has 25 heavy (non-hydrogen) atoms. The van der Waals surface area contributed by atoms with Crippen molar-refractivity contribution in [3.8, 4) is 11.8 Å². The Bertz CT molecular complexity index is 911. The van der Waals surface area contributed by atoms with Gasteiger partial charge in [-0.05, 0) is 35.4 Å². The van der Waals surface area contributed by atoms with E-state index in [1.807, 2.05) is 48.5 Å². The van der Waals surface area contributed by atoms with E-state index in [4.69, 9.17) is 9.15 Å². The summed E-state index contributed by atoms with van der Waals surface area (Å²) in [5.41, 5.74) is 2.14. The van der Waals surface area contributed by atoms with Gasteiger partial charge in [-0.15, -0.1) is 0 Å². The summed E-state index contributed by atoms with van der Waals surface area (Å²) in [6, 6.07) is 13.4. The van der Waals surface area contributed by atoms with Gasteiger partial charge in [0, 0.05) is 25.0 Å². The van der Waals surface area contributed by atoms with Crippen LogP contribution in [0.25, 0.3) is 12.2 Å². The van der Waals surface area contributed by atoms with Crippen LogP contribution in [0.4, 0.5) is 5.88 Å². The van der Waals surface area contributed by atoms with Crippen LogP contribution in [-0.2, 0) is 6.54 Å². The lowest BCUT2D eigenvalue weighted by Crippen LogP contribution is -1.99. The van der Waals surface area contributed by atoms with Gasteiger partial charge in [0.05, 0.1) is 7.11 Å². The normalized spacial score (nSPS) is 10.6. The van der Waals surface area contributed by atoms with E-state index in [9.17, 15) is 5.26 Å². The molecule has 0 radical (unpaired) electrons. The molecule has 3 aromatic rings. The fourth-order valence-corrected chi connectivity index (χ4v) is 2.20. The summed E-state index contributed by atoms with van der Waals surface area (Å²) < 4.78 is 10.8. The van der Waals surface area contributed by atoms with Crippen molar-refractivity contribution in [3.63, 3.8) is 0 Å². The molecular formula is C19H16N4O2. The second kappa shape index (κ2) is 7.79. The summed E-state index contributed by atoms with van der Waals surface area (Å²) in [6.45, 7) is 0.497. The number of oxazole rings is 1. The number of nitrogens with zero attached hydrogens (tertiary/aromatic N) is 3. The minimum atomic E-state index is 0.217. The van der Waals surface area contributed by atoms with E-state index in [-0.39, 0.29) is 5.69 Å². The smallest absolute Gasteiger partial charge is 0.232 e. The van der Waals surface area contributed by atoms with Crippen LogP contribution in [0.1, 0.15) is 22.7 Å². The average Bonchev–Trinajstić information content (AvgIpc) is 3.08. The van der Waals surface area contributed by atoms with Crippen LogP contribution >= 0.6 is 0 Å².